The smallest absolute Gasteiger partial charge is 0.308 e. The zero-order valence-electron chi connectivity index (χ0n) is 9.25. The summed E-state index contributed by atoms with van der Waals surface area (Å²) in [7, 11) is 1.75. The van der Waals surface area contributed by atoms with Crippen molar-refractivity contribution in [2.24, 2.45) is 13.0 Å². The Bertz CT molecular complexity index is 321. The maximum Gasteiger partial charge on any atom is 0.401 e. The van der Waals surface area contributed by atoms with E-state index in [0.29, 0.717) is 13.0 Å². The first-order valence-corrected chi connectivity index (χ1v) is 4.99. The van der Waals surface area contributed by atoms with Crippen LogP contribution in [0.1, 0.15) is 12.6 Å². The van der Waals surface area contributed by atoms with E-state index in [9.17, 15) is 13.2 Å². The highest BCUT2D eigenvalue weighted by Crippen LogP contribution is 2.12. The lowest BCUT2D eigenvalue weighted by atomic mass is 10.1. The molecule has 0 spiro atoms. The molecular weight excluding hydrogens is 221 g/mol. The molecule has 0 aliphatic heterocycles. The topological polar surface area (TPSA) is 42.7 Å². The quantitative estimate of drug-likeness (QED) is 0.833. The van der Waals surface area contributed by atoms with E-state index in [-0.39, 0.29) is 5.92 Å². The van der Waals surface area contributed by atoms with Gasteiger partial charge in [0, 0.05) is 13.2 Å². The van der Waals surface area contributed by atoms with E-state index in [1.807, 2.05) is 6.92 Å². The van der Waals surface area contributed by atoms with Crippen LogP contribution in [0.3, 0.4) is 0 Å². The van der Waals surface area contributed by atoms with Crippen molar-refractivity contribution in [3.8, 4) is 0 Å². The summed E-state index contributed by atoms with van der Waals surface area (Å²) in [6, 6.07) is 0. The highest BCUT2D eigenvalue weighted by atomic mass is 19.4. The maximum absolute atomic E-state index is 11.8. The Kier molecular flexibility index (Phi) is 4.28. The fraction of sp³-hybridized carbons (Fsp3) is 0.778. The van der Waals surface area contributed by atoms with Gasteiger partial charge in [-0.25, -0.2) is 0 Å². The third kappa shape index (κ3) is 5.11. The van der Waals surface area contributed by atoms with Crippen LogP contribution >= 0.6 is 0 Å². The summed E-state index contributed by atoms with van der Waals surface area (Å²) >= 11 is 0. The molecule has 1 N–H and O–H groups in total. The summed E-state index contributed by atoms with van der Waals surface area (Å²) in [6.45, 7) is 1.24. The second-order valence-corrected chi connectivity index (χ2v) is 3.94. The number of hydrogen-bond donors (Lipinski definition) is 1. The zero-order valence-corrected chi connectivity index (χ0v) is 9.25. The van der Waals surface area contributed by atoms with Crippen LogP contribution < -0.4 is 5.32 Å². The van der Waals surface area contributed by atoms with E-state index in [0.717, 1.165) is 5.69 Å². The van der Waals surface area contributed by atoms with Gasteiger partial charge in [-0.2, -0.15) is 13.2 Å². The summed E-state index contributed by atoms with van der Waals surface area (Å²) in [6.07, 6.45) is -1.76. The second-order valence-electron chi connectivity index (χ2n) is 3.94. The Morgan fingerprint density at radius 2 is 2.19 bits per heavy atom. The molecule has 0 aromatic carbocycles. The Morgan fingerprint density at radius 1 is 1.50 bits per heavy atom. The number of rotatable bonds is 5. The molecule has 0 amide bonds. The van der Waals surface area contributed by atoms with Gasteiger partial charge in [0.25, 0.3) is 0 Å². The van der Waals surface area contributed by atoms with Gasteiger partial charge in [-0.3, -0.25) is 4.68 Å². The van der Waals surface area contributed by atoms with Gasteiger partial charge < -0.3 is 5.32 Å². The Balaban J connectivity index is 2.23. The molecule has 92 valence electrons. The van der Waals surface area contributed by atoms with Gasteiger partial charge in [-0.15, -0.1) is 5.10 Å². The van der Waals surface area contributed by atoms with Crippen molar-refractivity contribution in [2.45, 2.75) is 19.5 Å². The Labute approximate surface area is 91.8 Å². The minimum atomic E-state index is -4.15. The van der Waals surface area contributed by atoms with E-state index in [2.05, 4.69) is 15.6 Å². The van der Waals surface area contributed by atoms with Gasteiger partial charge in [-0.1, -0.05) is 12.1 Å². The summed E-state index contributed by atoms with van der Waals surface area (Å²) in [5.74, 6) is 0.0963. The predicted molar refractivity (Wildman–Crippen MR) is 52.8 cm³/mol. The molecule has 0 bridgehead atoms. The van der Waals surface area contributed by atoms with Crippen LogP contribution in [0.25, 0.3) is 0 Å². The number of halogens is 3. The summed E-state index contributed by atoms with van der Waals surface area (Å²) in [4.78, 5) is 0. The lowest BCUT2D eigenvalue weighted by Crippen LogP contribution is -2.32. The van der Waals surface area contributed by atoms with E-state index < -0.39 is 12.7 Å². The van der Waals surface area contributed by atoms with Crippen LogP contribution in [0.4, 0.5) is 13.2 Å². The highest BCUT2D eigenvalue weighted by molar-refractivity contribution is 4.93. The molecule has 0 radical (unpaired) electrons. The number of nitrogens with zero attached hydrogens (tertiary/aromatic N) is 3. The summed E-state index contributed by atoms with van der Waals surface area (Å²) in [5, 5.41) is 10.0. The molecule has 0 aliphatic rings. The molecule has 1 aromatic heterocycles. The van der Waals surface area contributed by atoms with Crippen LogP contribution in [0.15, 0.2) is 6.20 Å². The number of aromatic nitrogens is 3. The number of hydrogen-bond acceptors (Lipinski definition) is 3. The average Bonchev–Trinajstić information content (AvgIpc) is 2.48. The molecule has 0 saturated carbocycles. The van der Waals surface area contributed by atoms with E-state index in [1.54, 1.807) is 17.9 Å². The SMILES string of the molecule is CC(CNCC(F)(F)F)Cc1cn(C)nn1. The normalized spacial score (nSPS) is 14.1. The average molecular weight is 236 g/mol. The molecule has 1 heterocycles. The second kappa shape index (κ2) is 5.29. The number of nitrogens with one attached hydrogen (secondary N) is 1. The lowest BCUT2D eigenvalue weighted by Gasteiger charge is -2.12. The first kappa shape index (κ1) is 13.0. The summed E-state index contributed by atoms with van der Waals surface area (Å²) in [5.41, 5.74) is 0.795. The predicted octanol–water partition coefficient (Wildman–Crippen LogP) is 1.15. The molecule has 1 rings (SSSR count). The van der Waals surface area contributed by atoms with Crippen LogP contribution in [0.5, 0.6) is 0 Å². The van der Waals surface area contributed by atoms with E-state index >= 15 is 0 Å². The molecular formula is C9H15F3N4. The van der Waals surface area contributed by atoms with Crippen molar-refractivity contribution in [2.75, 3.05) is 13.1 Å². The van der Waals surface area contributed by atoms with E-state index in [4.69, 9.17) is 0 Å². The Morgan fingerprint density at radius 3 is 2.69 bits per heavy atom. The highest BCUT2D eigenvalue weighted by Gasteiger charge is 2.26. The van der Waals surface area contributed by atoms with Crippen molar-refractivity contribution in [1.82, 2.24) is 20.3 Å². The van der Waals surface area contributed by atoms with Crippen molar-refractivity contribution in [3.05, 3.63) is 11.9 Å². The van der Waals surface area contributed by atoms with Crippen LogP contribution in [-0.4, -0.2) is 34.3 Å². The van der Waals surface area contributed by atoms with Gasteiger partial charge in [-0.05, 0) is 18.9 Å². The number of aryl methyl sites for hydroxylation is 1. The van der Waals surface area contributed by atoms with Crippen molar-refractivity contribution < 1.29 is 13.2 Å². The summed E-state index contributed by atoms with van der Waals surface area (Å²) < 4.78 is 37.1. The molecule has 0 aliphatic carbocycles. The van der Waals surface area contributed by atoms with Gasteiger partial charge in [0.05, 0.1) is 12.2 Å². The maximum atomic E-state index is 11.8. The first-order valence-electron chi connectivity index (χ1n) is 4.99. The number of alkyl halides is 3. The van der Waals surface area contributed by atoms with Gasteiger partial charge in [0.1, 0.15) is 0 Å². The van der Waals surface area contributed by atoms with Crippen LogP contribution in [0.2, 0.25) is 0 Å². The van der Waals surface area contributed by atoms with Crippen molar-refractivity contribution in [1.29, 1.82) is 0 Å². The standard InChI is InChI=1S/C9H15F3N4/c1-7(4-13-6-9(10,11)12)3-8-5-16(2)15-14-8/h5,7,13H,3-4,6H2,1-2H3. The fourth-order valence-electron chi connectivity index (χ4n) is 1.38. The molecule has 1 unspecified atom stereocenters. The third-order valence-corrected chi connectivity index (χ3v) is 2.03. The largest absolute Gasteiger partial charge is 0.401 e. The van der Waals surface area contributed by atoms with Crippen molar-refractivity contribution >= 4 is 0 Å². The molecule has 1 aromatic rings. The minimum absolute atomic E-state index is 0.0963. The monoisotopic (exact) mass is 236 g/mol. The Hall–Kier alpha value is -1.11. The molecule has 4 nitrogen and oxygen atoms in total. The molecule has 7 heteroatoms. The molecule has 0 saturated heterocycles. The zero-order chi connectivity index (χ0) is 12.2. The fourth-order valence-corrected chi connectivity index (χ4v) is 1.38. The van der Waals surface area contributed by atoms with Gasteiger partial charge >= 0.3 is 6.18 Å². The van der Waals surface area contributed by atoms with Crippen LogP contribution in [0, 0.1) is 5.92 Å². The first-order chi connectivity index (χ1) is 7.37. The van der Waals surface area contributed by atoms with E-state index in [1.165, 1.54) is 0 Å². The van der Waals surface area contributed by atoms with Gasteiger partial charge in [0.15, 0.2) is 0 Å². The van der Waals surface area contributed by atoms with Crippen molar-refractivity contribution in [3.63, 3.8) is 0 Å². The lowest BCUT2D eigenvalue weighted by molar-refractivity contribution is -0.125. The molecule has 16 heavy (non-hydrogen) atoms. The minimum Gasteiger partial charge on any atom is -0.308 e. The van der Waals surface area contributed by atoms with Gasteiger partial charge in [0.2, 0.25) is 0 Å². The molecule has 0 fully saturated rings. The van der Waals surface area contributed by atoms with Crippen LogP contribution in [-0.2, 0) is 13.5 Å². The third-order valence-electron chi connectivity index (χ3n) is 2.03. The molecule has 1 atom stereocenters.